The van der Waals surface area contributed by atoms with Crippen LogP contribution in [0.15, 0.2) is 41.3 Å². The molecule has 0 unspecified atom stereocenters. The molecule has 3 rings (SSSR count). The van der Waals surface area contributed by atoms with Crippen molar-refractivity contribution in [2.75, 3.05) is 10.5 Å². The molecule has 0 saturated heterocycles. The SMILES string of the molecule is Cc1cccc(N)c1NS(=O)(=O)c1cccc2nsnc12. The second-order valence-electron chi connectivity index (χ2n) is 4.53. The Balaban J connectivity index is 2.11. The fraction of sp³-hybridized carbons (Fsp3) is 0.0769. The number of nitrogens with one attached hydrogen (secondary N) is 1. The standard InChI is InChI=1S/C13H12N4O2S2/c1-8-4-2-5-9(14)12(8)17-21(18,19)11-7-3-6-10-13(11)16-20-15-10/h2-7,17H,14H2,1H3. The van der Waals surface area contributed by atoms with Crippen LogP contribution in [0.5, 0.6) is 0 Å². The number of benzene rings is 2. The quantitative estimate of drug-likeness (QED) is 0.722. The summed E-state index contributed by atoms with van der Waals surface area (Å²) in [6, 6.07) is 10.1. The van der Waals surface area contributed by atoms with Gasteiger partial charge in [0, 0.05) is 0 Å². The van der Waals surface area contributed by atoms with E-state index >= 15 is 0 Å². The molecule has 0 spiro atoms. The number of hydrogen-bond acceptors (Lipinski definition) is 6. The maximum Gasteiger partial charge on any atom is 0.264 e. The molecule has 0 amide bonds. The van der Waals surface area contributed by atoms with Gasteiger partial charge in [0.2, 0.25) is 0 Å². The molecule has 21 heavy (non-hydrogen) atoms. The number of aryl methyl sites for hydroxylation is 1. The molecular formula is C13H12N4O2S2. The number of anilines is 2. The molecule has 1 heterocycles. The number of fused-ring (bicyclic) bond motifs is 1. The van der Waals surface area contributed by atoms with Crippen molar-refractivity contribution in [2.45, 2.75) is 11.8 Å². The Hall–Kier alpha value is -2.19. The Morgan fingerprint density at radius 2 is 1.90 bits per heavy atom. The van der Waals surface area contributed by atoms with Crippen molar-refractivity contribution in [2.24, 2.45) is 0 Å². The monoisotopic (exact) mass is 320 g/mol. The second-order valence-corrected chi connectivity index (χ2v) is 6.71. The third kappa shape index (κ3) is 2.43. The summed E-state index contributed by atoms with van der Waals surface area (Å²) in [7, 11) is -3.78. The molecule has 0 radical (unpaired) electrons. The third-order valence-corrected chi connectivity index (χ3v) is 5.00. The van der Waals surface area contributed by atoms with Gasteiger partial charge < -0.3 is 5.73 Å². The predicted octanol–water partition coefficient (Wildman–Crippen LogP) is 2.38. The average molecular weight is 320 g/mol. The first-order valence-corrected chi connectivity index (χ1v) is 8.29. The van der Waals surface area contributed by atoms with Gasteiger partial charge in [0.15, 0.2) is 0 Å². The van der Waals surface area contributed by atoms with Gasteiger partial charge in [0.1, 0.15) is 15.9 Å². The van der Waals surface area contributed by atoms with E-state index in [2.05, 4.69) is 13.5 Å². The summed E-state index contributed by atoms with van der Waals surface area (Å²) in [6.45, 7) is 1.79. The Morgan fingerprint density at radius 3 is 2.67 bits per heavy atom. The van der Waals surface area contributed by atoms with Crippen molar-refractivity contribution in [3.63, 3.8) is 0 Å². The molecule has 2 aromatic carbocycles. The van der Waals surface area contributed by atoms with Gasteiger partial charge in [-0.3, -0.25) is 4.72 Å². The van der Waals surface area contributed by atoms with Crippen LogP contribution in [0.2, 0.25) is 0 Å². The number of nitrogen functional groups attached to an aromatic ring is 1. The highest BCUT2D eigenvalue weighted by atomic mass is 32.2. The molecule has 0 fully saturated rings. The first kappa shape index (κ1) is 13.8. The number of nitrogens with two attached hydrogens (primary N) is 1. The Labute approximate surface area is 126 Å². The summed E-state index contributed by atoms with van der Waals surface area (Å²) >= 11 is 0.979. The van der Waals surface area contributed by atoms with Gasteiger partial charge in [-0.1, -0.05) is 18.2 Å². The summed E-state index contributed by atoms with van der Waals surface area (Å²) in [5, 5.41) is 0. The lowest BCUT2D eigenvalue weighted by molar-refractivity contribution is 0.602. The maximum atomic E-state index is 12.6. The summed E-state index contributed by atoms with van der Waals surface area (Å²) < 4.78 is 35.8. The number of nitrogens with zero attached hydrogens (tertiary/aromatic N) is 2. The van der Waals surface area contributed by atoms with Crippen LogP contribution < -0.4 is 10.5 Å². The molecule has 0 bridgehead atoms. The van der Waals surface area contributed by atoms with Crippen molar-refractivity contribution in [3.05, 3.63) is 42.0 Å². The first-order chi connectivity index (χ1) is 9.99. The number of sulfonamides is 1. The number of rotatable bonds is 3. The van der Waals surface area contributed by atoms with Crippen LogP contribution in [-0.2, 0) is 10.0 Å². The molecule has 3 aromatic rings. The minimum Gasteiger partial charge on any atom is -0.397 e. The van der Waals surface area contributed by atoms with Gasteiger partial charge in [0.05, 0.1) is 23.1 Å². The van der Waals surface area contributed by atoms with Crippen molar-refractivity contribution in [3.8, 4) is 0 Å². The Kier molecular flexibility index (Phi) is 3.26. The van der Waals surface area contributed by atoms with Crippen LogP contribution in [0.25, 0.3) is 11.0 Å². The first-order valence-electron chi connectivity index (χ1n) is 6.08. The Morgan fingerprint density at radius 1 is 1.14 bits per heavy atom. The van der Waals surface area contributed by atoms with Gasteiger partial charge in [-0.15, -0.1) is 0 Å². The van der Waals surface area contributed by atoms with E-state index in [1.54, 1.807) is 37.3 Å². The zero-order valence-electron chi connectivity index (χ0n) is 11.1. The molecule has 0 aliphatic carbocycles. The molecule has 3 N–H and O–H groups in total. The highest BCUT2D eigenvalue weighted by Crippen LogP contribution is 2.28. The van der Waals surface area contributed by atoms with E-state index in [0.717, 1.165) is 17.3 Å². The topological polar surface area (TPSA) is 98.0 Å². The highest BCUT2D eigenvalue weighted by molar-refractivity contribution is 7.93. The lowest BCUT2D eigenvalue weighted by atomic mass is 10.2. The number of para-hydroxylation sites is 1. The third-order valence-electron chi connectivity index (χ3n) is 3.08. The van der Waals surface area contributed by atoms with E-state index in [4.69, 9.17) is 5.73 Å². The molecule has 0 atom stereocenters. The largest absolute Gasteiger partial charge is 0.397 e. The van der Waals surface area contributed by atoms with E-state index in [1.807, 2.05) is 0 Å². The van der Waals surface area contributed by atoms with Crippen LogP contribution in [-0.4, -0.2) is 17.2 Å². The zero-order chi connectivity index (χ0) is 15.0. The van der Waals surface area contributed by atoms with Gasteiger partial charge in [0.25, 0.3) is 10.0 Å². The van der Waals surface area contributed by atoms with Crippen molar-refractivity contribution in [1.29, 1.82) is 0 Å². The van der Waals surface area contributed by atoms with E-state index in [0.29, 0.717) is 22.4 Å². The van der Waals surface area contributed by atoms with E-state index in [1.165, 1.54) is 6.07 Å². The molecule has 0 aliphatic heterocycles. The fourth-order valence-electron chi connectivity index (χ4n) is 2.02. The van der Waals surface area contributed by atoms with Gasteiger partial charge >= 0.3 is 0 Å². The van der Waals surface area contributed by atoms with Crippen LogP contribution >= 0.6 is 11.7 Å². The Bertz CT molecular complexity index is 899. The normalized spacial score (nSPS) is 11.7. The minimum absolute atomic E-state index is 0.0939. The zero-order valence-corrected chi connectivity index (χ0v) is 12.7. The van der Waals surface area contributed by atoms with E-state index in [9.17, 15) is 8.42 Å². The van der Waals surface area contributed by atoms with Crippen molar-refractivity contribution < 1.29 is 8.42 Å². The predicted molar refractivity (Wildman–Crippen MR) is 83.8 cm³/mol. The molecule has 0 aliphatic rings. The molecular weight excluding hydrogens is 308 g/mol. The number of hydrogen-bond donors (Lipinski definition) is 2. The molecule has 1 aromatic heterocycles. The van der Waals surface area contributed by atoms with E-state index in [-0.39, 0.29) is 4.90 Å². The second kappa shape index (κ2) is 4.97. The average Bonchev–Trinajstić information content (AvgIpc) is 2.91. The summed E-state index contributed by atoms with van der Waals surface area (Å²) in [6.07, 6.45) is 0. The van der Waals surface area contributed by atoms with Gasteiger partial charge in [-0.2, -0.15) is 8.75 Å². The lowest BCUT2D eigenvalue weighted by Gasteiger charge is -2.12. The maximum absolute atomic E-state index is 12.6. The van der Waals surface area contributed by atoms with Crippen LogP contribution in [0.1, 0.15) is 5.56 Å². The summed E-state index contributed by atoms with van der Waals surface area (Å²) in [5.41, 5.74) is 8.28. The molecule has 8 heteroatoms. The van der Waals surface area contributed by atoms with Crippen LogP contribution in [0.4, 0.5) is 11.4 Å². The minimum atomic E-state index is -3.78. The molecule has 6 nitrogen and oxygen atoms in total. The smallest absolute Gasteiger partial charge is 0.264 e. The van der Waals surface area contributed by atoms with Crippen LogP contribution in [0, 0.1) is 6.92 Å². The van der Waals surface area contributed by atoms with Crippen LogP contribution in [0.3, 0.4) is 0 Å². The molecule has 108 valence electrons. The van der Waals surface area contributed by atoms with Crippen molar-refractivity contribution in [1.82, 2.24) is 8.75 Å². The highest BCUT2D eigenvalue weighted by Gasteiger charge is 2.21. The van der Waals surface area contributed by atoms with E-state index < -0.39 is 10.0 Å². The molecule has 0 saturated carbocycles. The van der Waals surface area contributed by atoms with Gasteiger partial charge in [-0.05, 0) is 30.7 Å². The van der Waals surface area contributed by atoms with Crippen molar-refractivity contribution >= 4 is 44.2 Å². The number of aromatic nitrogens is 2. The summed E-state index contributed by atoms with van der Waals surface area (Å²) in [4.78, 5) is 0.0939. The fourth-order valence-corrected chi connectivity index (χ4v) is 3.94. The lowest BCUT2D eigenvalue weighted by Crippen LogP contribution is -2.15. The van der Waals surface area contributed by atoms with Gasteiger partial charge in [-0.25, -0.2) is 8.42 Å². The summed E-state index contributed by atoms with van der Waals surface area (Å²) in [5.74, 6) is 0.